The lowest BCUT2D eigenvalue weighted by atomic mass is 9.96. The van der Waals surface area contributed by atoms with Crippen LogP contribution in [0.1, 0.15) is 31.4 Å². The molecule has 2 unspecified atom stereocenters. The number of nitrogens with one attached hydrogen (secondary N) is 1. The third kappa shape index (κ3) is 3.33. The Morgan fingerprint density at radius 1 is 1.59 bits per heavy atom. The van der Waals surface area contributed by atoms with Crippen molar-refractivity contribution in [1.29, 1.82) is 0 Å². The van der Waals surface area contributed by atoms with Crippen LogP contribution in [0.3, 0.4) is 0 Å². The Balaban J connectivity index is 1.99. The van der Waals surface area contributed by atoms with Crippen molar-refractivity contribution >= 4 is 9.84 Å². The van der Waals surface area contributed by atoms with E-state index in [2.05, 4.69) is 12.2 Å². The van der Waals surface area contributed by atoms with Gasteiger partial charge < -0.3 is 9.73 Å². The quantitative estimate of drug-likeness (QED) is 0.873. The summed E-state index contributed by atoms with van der Waals surface area (Å²) in [6.45, 7) is 2.92. The lowest BCUT2D eigenvalue weighted by Crippen LogP contribution is -2.23. The summed E-state index contributed by atoms with van der Waals surface area (Å²) >= 11 is 0. The molecule has 4 nitrogen and oxygen atoms in total. The van der Waals surface area contributed by atoms with E-state index in [1.54, 1.807) is 12.5 Å². The topological polar surface area (TPSA) is 59.3 Å². The highest BCUT2D eigenvalue weighted by Gasteiger charge is 2.30. The van der Waals surface area contributed by atoms with Gasteiger partial charge in [-0.2, -0.15) is 0 Å². The zero-order valence-electron chi connectivity index (χ0n) is 10.1. The van der Waals surface area contributed by atoms with E-state index >= 15 is 0 Å². The van der Waals surface area contributed by atoms with Gasteiger partial charge in [0, 0.05) is 11.6 Å². The number of sulfone groups is 1. The van der Waals surface area contributed by atoms with E-state index in [-0.39, 0.29) is 12.0 Å². The Labute approximate surface area is 102 Å². The van der Waals surface area contributed by atoms with Gasteiger partial charge in [-0.15, -0.1) is 0 Å². The van der Waals surface area contributed by atoms with Crippen molar-refractivity contribution in [3.8, 4) is 0 Å². The third-order valence-corrected chi connectivity index (χ3v) is 5.13. The maximum atomic E-state index is 11.4. The predicted octanol–water partition coefficient (Wildman–Crippen LogP) is 1.76. The molecule has 1 aliphatic rings. The highest BCUT2D eigenvalue weighted by atomic mass is 32.2. The summed E-state index contributed by atoms with van der Waals surface area (Å²) in [5, 5.41) is 3.38. The van der Waals surface area contributed by atoms with Crippen molar-refractivity contribution in [3.05, 3.63) is 24.2 Å². The van der Waals surface area contributed by atoms with Gasteiger partial charge in [-0.25, -0.2) is 8.42 Å². The Hall–Kier alpha value is -0.810. The summed E-state index contributed by atoms with van der Waals surface area (Å²) in [5.41, 5.74) is 1.11. The SMILES string of the molecule is CCNC(CC1CCS(=O)(=O)C1)c1ccoc1. The van der Waals surface area contributed by atoms with Gasteiger partial charge in [0.1, 0.15) is 0 Å². The smallest absolute Gasteiger partial charge is 0.150 e. The molecule has 1 saturated heterocycles. The molecule has 1 fully saturated rings. The summed E-state index contributed by atoms with van der Waals surface area (Å²) in [5.74, 6) is 0.966. The van der Waals surface area contributed by atoms with Gasteiger partial charge in [0.25, 0.3) is 0 Å². The molecule has 2 heterocycles. The first-order chi connectivity index (χ1) is 8.11. The van der Waals surface area contributed by atoms with Crippen LogP contribution in [-0.4, -0.2) is 26.5 Å². The molecule has 1 aliphatic heterocycles. The minimum atomic E-state index is -2.78. The Morgan fingerprint density at radius 3 is 2.94 bits per heavy atom. The molecule has 0 radical (unpaired) electrons. The van der Waals surface area contributed by atoms with Crippen molar-refractivity contribution < 1.29 is 12.8 Å². The van der Waals surface area contributed by atoms with Crippen LogP contribution in [0.4, 0.5) is 0 Å². The molecule has 0 spiro atoms. The van der Waals surface area contributed by atoms with E-state index in [0.717, 1.165) is 24.9 Å². The summed E-state index contributed by atoms with van der Waals surface area (Å²) < 4.78 is 27.9. The molecule has 0 saturated carbocycles. The van der Waals surface area contributed by atoms with Gasteiger partial charge in [-0.3, -0.25) is 0 Å². The second kappa shape index (κ2) is 5.23. The van der Waals surface area contributed by atoms with Crippen LogP contribution in [0, 0.1) is 5.92 Å². The molecule has 0 aromatic carbocycles. The van der Waals surface area contributed by atoms with Crippen molar-refractivity contribution in [2.45, 2.75) is 25.8 Å². The van der Waals surface area contributed by atoms with Crippen LogP contribution >= 0.6 is 0 Å². The van der Waals surface area contributed by atoms with Crippen LogP contribution in [-0.2, 0) is 9.84 Å². The van der Waals surface area contributed by atoms with Crippen LogP contribution < -0.4 is 5.32 Å². The zero-order valence-corrected chi connectivity index (χ0v) is 10.9. The Morgan fingerprint density at radius 2 is 2.41 bits per heavy atom. The van der Waals surface area contributed by atoms with Crippen molar-refractivity contribution in [3.63, 3.8) is 0 Å². The Bertz CT molecular complexity index is 438. The van der Waals surface area contributed by atoms with Gasteiger partial charge >= 0.3 is 0 Å². The lowest BCUT2D eigenvalue weighted by molar-refractivity contribution is 0.418. The molecule has 2 atom stereocenters. The molecule has 2 rings (SSSR count). The van der Waals surface area contributed by atoms with Gasteiger partial charge in [0.15, 0.2) is 9.84 Å². The molecule has 0 bridgehead atoms. The minimum absolute atomic E-state index is 0.206. The zero-order chi connectivity index (χ0) is 12.3. The molecule has 17 heavy (non-hydrogen) atoms. The standard InChI is InChI=1S/C12H19NO3S/c1-2-13-12(11-3-5-16-8-11)7-10-4-6-17(14,15)9-10/h3,5,8,10,12-13H,2,4,6-7,9H2,1H3. The lowest BCUT2D eigenvalue weighted by Gasteiger charge is -2.19. The van der Waals surface area contributed by atoms with Gasteiger partial charge in [-0.05, 0) is 31.4 Å². The largest absolute Gasteiger partial charge is 0.472 e. The third-order valence-electron chi connectivity index (χ3n) is 3.29. The highest BCUT2D eigenvalue weighted by Crippen LogP contribution is 2.29. The maximum absolute atomic E-state index is 11.4. The number of furan rings is 1. The van der Waals surface area contributed by atoms with Crippen LogP contribution in [0.15, 0.2) is 23.0 Å². The molecule has 1 aromatic heterocycles. The average molecular weight is 257 g/mol. The van der Waals surface area contributed by atoms with E-state index in [0.29, 0.717) is 11.5 Å². The molecule has 0 aliphatic carbocycles. The van der Waals surface area contributed by atoms with E-state index in [4.69, 9.17) is 4.42 Å². The fourth-order valence-electron chi connectivity index (χ4n) is 2.45. The van der Waals surface area contributed by atoms with Crippen molar-refractivity contribution in [2.24, 2.45) is 5.92 Å². The minimum Gasteiger partial charge on any atom is -0.472 e. The summed E-state index contributed by atoms with van der Waals surface area (Å²) in [4.78, 5) is 0. The van der Waals surface area contributed by atoms with Gasteiger partial charge in [-0.1, -0.05) is 6.92 Å². The molecule has 0 amide bonds. The Kier molecular flexibility index (Phi) is 3.89. The van der Waals surface area contributed by atoms with E-state index in [1.807, 2.05) is 6.07 Å². The summed E-state index contributed by atoms with van der Waals surface area (Å²) in [6.07, 6.45) is 5.05. The normalized spacial score (nSPS) is 24.9. The molecule has 1 aromatic rings. The van der Waals surface area contributed by atoms with Crippen LogP contribution in [0.25, 0.3) is 0 Å². The molecular weight excluding hydrogens is 238 g/mol. The highest BCUT2D eigenvalue weighted by molar-refractivity contribution is 7.91. The average Bonchev–Trinajstić information content (AvgIpc) is 2.87. The maximum Gasteiger partial charge on any atom is 0.150 e. The van der Waals surface area contributed by atoms with E-state index in [1.165, 1.54) is 0 Å². The number of hydrogen-bond acceptors (Lipinski definition) is 4. The van der Waals surface area contributed by atoms with E-state index < -0.39 is 9.84 Å². The monoisotopic (exact) mass is 257 g/mol. The first kappa shape index (κ1) is 12.6. The number of rotatable bonds is 5. The first-order valence-electron chi connectivity index (χ1n) is 6.06. The van der Waals surface area contributed by atoms with Crippen molar-refractivity contribution in [2.75, 3.05) is 18.1 Å². The predicted molar refractivity (Wildman–Crippen MR) is 66.5 cm³/mol. The van der Waals surface area contributed by atoms with Crippen LogP contribution in [0.2, 0.25) is 0 Å². The first-order valence-corrected chi connectivity index (χ1v) is 7.89. The molecule has 1 N–H and O–H groups in total. The van der Waals surface area contributed by atoms with Crippen molar-refractivity contribution in [1.82, 2.24) is 5.32 Å². The molecular formula is C12H19NO3S. The fourth-order valence-corrected chi connectivity index (χ4v) is 4.33. The fraction of sp³-hybridized carbons (Fsp3) is 0.667. The second-order valence-corrected chi connectivity index (χ2v) is 6.90. The number of hydrogen-bond donors (Lipinski definition) is 1. The van der Waals surface area contributed by atoms with Gasteiger partial charge in [0.05, 0.1) is 24.0 Å². The van der Waals surface area contributed by atoms with Gasteiger partial charge in [0.2, 0.25) is 0 Å². The summed E-state index contributed by atoms with van der Waals surface area (Å²) in [7, 11) is -2.78. The molecule has 5 heteroatoms. The second-order valence-electron chi connectivity index (χ2n) is 4.67. The van der Waals surface area contributed by atoms with E-state index in [9.17, 15) is 8.42 Å². The molecule has 96 valence electrons. The summed E-state index contributed by atoms with van der Waals surface area (Å²) in [6, 6.07) is 2.15. The van der Waals surface area contributed by atoms with Crippen LogP contribution in [0.5, 0.6) is 0 Å².